The highest BCUT2D eigenvalue weighted by Crippen LogP contribution is 2.51. The lowest BCUT2D eigenvalue weighted by atomic mass is 9.35. The summed E-state index contributed by atoms with van der Waals surface area (Å²) >= 11 is 0. The average Bonchev–Trinajstić information content (AvgIpc) is 3.15. The summed E-state index contributed by atoms with van der Waals surface area (Å²) in [6.07, 6.45) is 0.742. The lowest BCUT2D eigenvalue weighted by molar-refractivity contribution is 0.00578. The van der Waals surface area contributed by atoms with Crippen molar-refractivity contribution in [2.45, 2.75) is 95.8 Å². The Kier molecular flexibility index (Phi) is 6.63. The fourth-order valence-corrected chi connectivity index (χ4v) is 4.71. The van der Waals surface area contributed by atoms with Crippen LogP contribution < -0.4 is 0 Å². The molecule has 4 rings (SSSR count). The van der Waals surface area contributed by atoms with Gasteiger partial charge in [-0.1, -0.05) is 60.7 Å². The SMILES string of the molecule is CC1(C)OB(C(CCC(=O)c2ccccc2)(B2OC(C)(C)C(C)(C)O2)c2ccccc2)OC1(C)C. The lowest BCUT2D eigenvalue weighted by Crippen LogP contribution is -2.58. The van der Waals surface area contributed by atoms with Crippen LogP contribution in [0.25, 0.3) is 0 Å². The molecule has 2 aromatic rings. The third-order valence-electron chi connectivity index (χ3n) is 8.52. The standard InChI is InChI=1S/C28H38B2O5/c1-24(2)25(3,4)33-29(32-24)28(22-17-13-10-14-18-22,30-34-26(5,6)27(7,8)35-30)20-19-23(31)21-15-11-9-12-16-21/h9-18H,19-20H2,1-8H3. The van der Waals surface area contributed by atoms with Gasteiger partial charge in [0.05, 0.1) is 27.6 Å². The Labute approximate surface area is 211 Å². The summed E-state index contributed by atoms with van der Waals surface area (Å²) in [7, 11) is -1.35. The van der Waals surface area contributed by atoms with E-state index in [2.05, 4.69) is 12.1 Å². The molecule has 0 aromatic heterocycles. The lowest BCUT2D eigenvalue weighted by Gasteiger charge is -2.37. The summed E-state index contributed by atoms with van der Waals surface area (Å²) in [5.74, 6) is 0.0685. The molecule has 186 valence electrons. The Morgan fingerprint density at radius 1 is 0.657 bits per heavy atom. The number of rotatable bonds is 7. The van der Waals surface area contributed by atoms with Crippen molar-refractivity contribution in [3.05, 3.63) is 71.8 Å². The molecule has 0 radical (unpaired) electrons. The largest absolute Gasteiger partial charge is 0.466 e. The monoisotopic (exact) mass is 476 g/mol. The van der Waals surface area contributed by atoms with Gasteiger partial charge in [0.25, 0.3) is 0 Å². The normalized spacial score (nSPS) is 22.4. The van der Waals surface area contributed by atoms with Gasteiger partial charge < -0.3 is 18.6 Å². The molecule has 0 unspecified atom stereocenters. The van der Waals surface area contributed by atoms with Gasteiger partial charge in [-0.2, -0.15) is 0 Å². The molecule has 0 saturated carbocycles. The average molecular weight is 476 g/mol. The molecule has 2 aromatic carbocycles. The van der Waals surface area contributed by atoms with Crippen molar-refractivity contribution in [3.8, 4) is 0 Å². The van der Waals surface area contributed by atoms with Gasteiger partial charge in [0.15, 0.2) is 5.78 Å². The minimum Gasteiger partial charge on any atom is -0.403 e. The smallest absolute Gasteiger partial charge is 0.403 e. The molecule has 0 bridgehead atoms. The number of Topliss-reactive ketones (excluding diaryl/α,β-unsaturated/α-hetero) is 1. The van der Waals surface area contributed by atoms with Crippen LogP contribution in [0.2, 0.25) is 0 Å². The first-order chi connectivity index (χ1) is 16.2. The number of hydrogen-bond acceptors (Lipinski definition) is 5. The Morgan fingerprint density at radius 2 is 1.03 bits per heavy atom. The quantitative estimate of drug-likeness (QED) is 0.371. The van der Waals surface area contributed by atoms with Crippen LogP contribution in [0.15, 0.2) is 60.7 Å². The van der Waals surface area contributed by atoms with Gasteiger partial charge in [-0.15, -0.1) is 0 Å². The fourth-order valence-electron chi connectivity index (χ4n) is 4.71. The highest BCUT2D eigenvalue weighted by molar-refractivity contribution is 6.71. The summed E-state index contributed by atoms with van der Waals surface area (Å²) in [6, 6.07) is 19.5. The third-order valence-corrected chi connectivity index (χ3v) is 8.52. The zero-order chi connectivity index (χ0) is 25.7. The Bertz CT molecular complexity index is 982. The molecule has 0 spiro atoms. The van der Waals surface area contributed by atoms with Gasteiger partial charge in [-0.25, -0.2) is 0 Å². The highest BCUT2D eigenvalue weighted by atomic mass is 16.7. The van der Waals surface area contributed by atoms with Crippen molar-refractivity contribution in [2.75, 3.05) is 0 Å². The van der Waals surface area contributed by atoms with Crippen molar-refractivity contribution in [2.24, 2.45) is 0 Å². The first kappa shape index (κ1) is 26.2. The van der Waals surface area contributed by atoms with Gasteiger partial charge in [0.1, 0.15) is 0 Å². The van der Waals surface area contributed by atoms with Crippen LogP contribution in [0.3, 0.4) is 0 Å². The van der Waals surface area contributed by atoms with Crippen molar-refractivity contribution >= 4 is 20.0 Å². The van der Waals surface area contributed by atoms with E-state index in [9.17, 15) is 4.79 Å². The molecular formula is C28H38B2O5. The van der Waals surface area contributed by atoms with Crippen LogP contribution in [-0.2, 0) is 23.8 Å². The minimum absolute atomic E-state index is 0.0685. The zero-order valence-electron chi connectivity index (χ0n) is 22.4. The molecule has 0 aliphatic carbocycles. The van der Waals surface area contributed by atoms with Crippen molar-refractivity contribution in [3.63, 3.8) is 0 Å². The molecule has 0 N–H and O–H groups in total. The van der Waals surface area contributed by atoms with Crippen LogP contribution in [0.5, 0.6) is 0 Å². The number of hydrogen-bond donors (Lipinski definition) is 0. The highest BCUT2D eigenvalue weighted by Gasteiger charge is 2.69. The second kappa shape index (κ2) is 8.88. The minimum atomic E-state index is -0.873. The number of carbonyl (C=O) groups is 1. The predicted molar refractivity (Wildman–Crippen MR) is 140 cm³/mol. The van der Waals surface area contributed by atoms with E-state index in [0.717, 1.165) is 5.56 Å². The molecule has 2 heterocycles. The molecule has 35 heavy (non-hydrogen) atoms. The van der Waals surface area contributed by atoms with E-state index < -0.39 is 41.9 Å². The van der Waals surface area contributed by atoms with Gasteiger partial charge in [0, 0.05) is 12.0 Å². The molecule has 2 fully saturated rings. The molecule has 2 aliphatic heterocycles. The predicted octanol–water partition coefficient (Wildman–Crippen LogP) is 5.85. The van der Waals surface area contributed by atoms with E-state index in [1.807, 2.05) is 104 Å². The van der Waals surface area contributed by atoms with E-state index in [4.69, 9.17) is 18.6 Å². The molecule has 0 atom stereocenters. The van der Waals surface area contributed by atoms with Crippen LogP contribution >= 0.6 is 0 Å². The number of carbonyl (C=O) groups excluding carboxylic acids is 1. The summed E-state index contributed by atoms with van der Waals surface area (Å²) in [5.41, 5.74) is -0.541. The fraction of sp³-hybridized carbons (Fsp3) is 0.536. The summed E-state index contributed by atoms with van der Waals surface area (Å²) in [4.78, 5) is 13.3. The van der Waals surface area contributed by atoms with E-state index in [-0.39, 0.29) is 5.78 Å². The number of benzene rings is 2. The molecule has 7 heteroatoms. The van der Waals surface area contributed by atoms with Crippen LogP contribution in [-0.4, -0.2) is 42.4 Å². The Hall–Kier alpha value is -1.92. The van der Waals surface area contributed by atoms with Crippen molar-refractivity contribution < 1.29 is 23.4 Å². The first-order valence-electron chi connectivity index (χ1n) is 12.6. The van der Waals surface area contributed by atoms with Gasteiger partial charge in [0.2, 0.25) is 0 Å². The first-order valence-corrected chi connectivity index (χ1v) is 12.6. The zero-order valence-corrected chi connectivity index (χ0v) is 22.4. The van der Waals surface area contributed by atoms with Gasteiger partial charge in [-0.05, 0) is 67.4 Å². The molecular weight excluding hydrogens is 438 g/mol. The maximum absolute atomic E-state index is 13.3. The molecule has 2 aliphatic rings. The van der Waals surface area contributed by atoms with Crippen LogP contribution in [0, 0.1) is 0 Å². The van der Waals surface area contributed by atoms with E-state index in [0.29, 0.717) is 18.4 Å². The van der Waals surface area contributed by atoms with Crippen molar-refractivity contribution in [1.29, 1.82) is 0 Å². The number of ketones is 1. The third kappa shape index (κ3) is 4.53. The topological polar surface area (TPSA) is 54.0 Å². The Balaban J connectivity index is 1.82. The maximum atomic E-state index is 13.3. The van der Waals surface area contributed by atoms with E-state index in [1.165, 1.54) is 0 Å². The Morgan fingerprint density at radius 3 is 1.43 bits per heavy atom. The van der Waals surface area contributed by atoms with Crippen LogP contribution in [0.4, 0.5) is 0 Å². The molecule has 0 amide bonds. The van der Waals surface area contributed by atoms with Crippen molar-refractivity contribution in [1.82, 2.24) is 0 Å². The summed E-state index contributed by atoms with van der Waals surface area (Å²) in [6.45, 7) is 16.4. The maximum Gasteiger partial charge on any atom is 0.466 e. The van der Waals surface area contributed by atoms with E-state index >= 15 is 0 Å². The second-order valence-electron chi connectivity index (χ2n) is 11.9. The summed E-state index contributed by atoms with van der Waals surface area (Å²) < 4.78 is 26.7. The van der Waals surface area contributed by atoms with Crippen LogP contribution in [0.1, 0.15) is 84.2 Å². The summed E-state index contributed by atoms with van der Waals surface area (Å²) in [5, 5.41) is -0.873. The molecule has 5 nitrogen and oxygen atoms in total. The second-order valence-corrected chi connectivity index (χ2v) is 11.9. The molecule has 2 saturated heterocycles. The van der Waals surface area contributed by atoms with Gasteiger partial charge >= 0.3 is 14.2 Å². The van der Waals surface area contributed by atoms with Gasteiger partial charge in [-0.3, -0.25) is 4.79 Å². The van der Waals surface area contributed by atoms with E-state index in [1.54, 1.807) is 0 Å².